The summed E-state index contributed by atoms with van der Waals surface area (Å²) in [6.45, 7) is 5.88. The molecule has 1 fully saturated rings. The molecule has 16 heavy (non-hydrogen) atoms. The third-order valence-corrected chi connectivity index (χ3v) is 3.09. The number of allylic oxidation sites excluding steroid dienone is 1. The Morgan fingerprint density at radius 1 is 1.44 bits per heavy atom. The molecule has 1 aliphatic rings. The van der Waals surface area contributed by atoms with Crippen LogP contribution in [0.15, 0.2) is 12.2 Å². The Morgan fingerprint density at radius 3 is 2.50 bits per heavy atom. The van der Waals surface area contributed by atoms with E-state index < -0.39 is 5.97 Å². The summed E-state index contributed by atoms with van der Waals surface area (Å²) in [5, 5.41) is -0.363. The molecule has 90 valence electrons. The molecule has 5 heteroatoms. The van der Waals surface area contributed by atoms with Crippen molar-refractivity contribution in [2.75, 3.05) is 6.61 Å². The van der Waals surface area contributed by atoms with E-state index in [1.807, 2.05) is 13.8 Å². The maximum atomic E-state index is 11.1. The minimum atomic E-state index is -0.578. The Balaban J connectivity index is 2.47. The lowest BCUT2D eigenvalue weighted by Crippen LogP contribution is -2.01. The zero-order valence-corrected chi connectivity index (χ0v) is 10.3. The van der Waals surface area contributed by atoms with Gasteiger partial charge in [0.15, 0.2) is 0 Å². The van der Waals surface area contributed by atoms with Crippen molar-refractivity contribution in [3.63, 3.8) is 0 Å². The molecule has 0 N–H and O–H groups in total. The number of halogens is 1. The molecule has 0 saturated heterocycles. The van der Waals surface area contributed by atoms with E-state index in [0.717, 1.165) is 0 Å². The van der Waals surface area contributed by atoms with Crippen molar-refractivity contribution in [2.24, 2.45) is 17.3 Å². The first kappa shape index (κ1) is 13.2. The number of hydrogen-bond acceptors (Lipinski definition) is 4. The van der Waals surface area contributed by atoms with Crippen LogP contribution in [0.25, 0.3) is 0 Å². The molecule has 0 aromatic carbocycles. The molecule has 0 bridgehead atoms. The number of hydrogen-bond donors (Lipinski definition) is 0. The monoisotopic (exact) mass is 246 g/mol. The van der Waals surface area contributed by atoms with Crippen molar-refractivity contribution >= 4 is 22.8 Å². The van der Waals surface area contributed by atoms with Gasteiger partial charge in [0.1, 0.15) is 0 Å². The van der Waals surface area contributed by atoms with Crippen LogP contribution in [0.1, 0.15) is 20.8 Å². The highest BCUT2D eigenvalue weighted by Gasteiger charge is 2.59. The second-order valence-corrected chi connectivity index (χ2v) is 4.67. The van der Waals surface area contributed by atoms with E-state index in [-0.39, 0.29) is 22.5 Å². The lowest BCUT2D eigenvalue weighted by atomic mass is 10.1. The lowest BCUT2D eigenvalue weighted by molar-refractivity contribution is -0.264. The minimum absolute atomic E-state index is 0.00771. The van der Waals surface area contributed by atoms with Gasteiger partial charge in [0, 0.05) is 12.0 Å². The summed E-state index contributed by atoms with van der Waals surface area (Å²) in [6, 6.07) is 0. The van der Waals surface area contributed by atoms with Gasteiger partial charge in [-0.3, -0.25) is 9.68 Å². The van der Waals surface area contributed by atoms with Crippen molar-refractivity contribution in [2.45, 2.75) is 20.8 Å². The van der Waals surface area contributed by atoms with Gasteiger partial charge >= 0.3 is 5.97 Å². The Morgan fingerprint density at radius 2 is 2.06 bits per heavy atom. The third kappa shape index (κ3) is 2.83. The normalized spacial score (nSPS) is 26.8. The van der Waals surface area contributed by atoms with Gasteiger partial charge in [-0.15, -0.1) is 0 Å². The van der Waals surface area contributed by atoms with Gasteiger partial charge in [-0.2, -0.15) is 4.89 Å². The van der Waals surface area contributed by atoms with Gasteiger partial charge in [-0.25, -0.2) is 4.79 Å². The van der Waals surface area contributed by atoms with Crippen molar-refractivity contribution in [1.29, 1.82) is 0 Å². The van der Waals surface area contributed by atoms with E-state index in [0.29, 0.717) is 6.61 Å². The molecular weight excluding hydrogens is 232 g/mol. The quantitative estimate of drug-likeness (QED) is 0.323. The summed E-state index contributed by atoms with van der Waals surface area (Å²) in [5.74, 6) is -0.803. The third-order valence-electron chi connectivity index (χ3n) is 2.85. The predicted octanol–water partition coefficient (Wildman–Crippen LogP) is 2.07. The van der Waals surface area contributed by atoms with Crippen LogP contribution in [0.3, 0.4) is 0 Å². The molecule has 0 aromatic rings. The van der Waals surface area contributed by atoms with E-state index >= 15 is 0 Å². The Labute approximate surface area is 99.5 Å². The smallest absolute Gasteiger partial charge is 0.294 e. The molecule has 0 aromatic heterocycles. The van der Waals surface area contributed by atoms with Crippen LogP contribution in [0.2, 0.25) is 0 Å². The molecule has 0 amide bonds. The molecule has 0 unspecified atom stereocenters. The highest BCUT2D eigenvalue weighted by atomic mass is 35.5. The fourth-order valence-corrected chi connectivity index (χ4v) is 2.21. The van der Waals surface area contributed by atoms with E-state index in [9.17, 15) is 9.59 Å². The van der Waals surface area contributed by atoms with Gasteiger partial charge in [0.2, 0.25) is 5.24 Å². The molecular formula is C11H15ClO4. The SMILES string of the molecule is CCOOC(=O)/C=C\[C@H]1[C@@H](C(=O)Cl)C1(C)C. The predicted molar refractivity (Wildman–Crippen MR) is 58.5 cm³/mol. The first-order valence-corrected chi connectivity index (χ1v) is 5.50. The van der Waals surface area contributed by atoms with E-state index in [2.05, 4.69) is 9.78 Å². The highest BCUT2D eigenvalue weighted by Crippen LogP contribution is 2.59. The fourth-order valence-electron chi connectivity index (χ4n) is 1.80. The van der Waals surface area contributed by atoms with Crippen molar-refractivity contribution in [1.82, 2.24) is 0 Å². The summed E-state index contributed by atoms with van der Waals surface area (Å²) in [4.78, 5) is 31.0. The molecule has 4 nitrogen and oxygen atoms in total. The van der Waals surface area contributed by atoms with Crippen molar-refractivity contribution in [3.05, 3.63) is 12.2 Å². The molecule has 0 heterocycles. The maximum absolute atomic E-state index is 11.1. The second-order valence-electron chi connectivity index (χ2n) is 4.30. The van der Waals surface area contributed by atoms with Crippen LogP contribution < -0.4 is 0 Å². The average molecular weight is 247 g/mol. The van der Waals surface area contributed by atoms with E-state index in [1.165, 1.54) is 6.08 Å². The zero-order valence-electron chi connectivity index (χ0n) is 9.53. The maximum Gasteiger partial charge on any atom is 0.365 e. The van der Waals surface area contributed by atoms with Crippen LogP contribution in [0.5, 0.6) is 0 Å². The van der Waals surface area contributed by atoms with Gasteiger partial charge in [0.25, 0.3) is 0 Å². The largest absolute Gasteiger partial charge is 0.365 e. The Hall–Kier alpha value is -0.870. The highest BCUT2D eigenvalue weighted by molar-refractivity contribution is 6.64. The topological polar surface area (TPSA) is 52.6 Å². The van der Waals surface area contributed by atoms with Crippen molar-refractivity contribution in [3.8, 4) is 0 Å². The standard InChI is InChI=1S/C11H15ClO4/c1-4-15-16-8(13)6-5-7-9(10(12)14)11(7,2)3/h5-7,9H,4H2,1-3H3/b6-5-/t7-,9-/m0/s1. The van der Waals surface area contributed by atoms with Gasteiger partial charge in [-0.05, 0) is 29.9 Å². The summed E-state index contributed by atoms with van der Waals surface area (Å²) in [7, 11) is 0. The number of carbonyl (C=O) groups excluding carboxylic acids is 2. The lowest BCUT2D eigenvalue weighted by Gasteiger charge is -1.97. The zero-order chi connectivity index (χ0) is 12.3. The molecule has 0 aliphatic heterocycles. The average Bonchev–Trinajstić information content (AvgIpc) is 2.74. The first-order chi connectivity index (χ1) is 7.41. The molecule has 2 atom stereocenters. The Bertz CT molecular complexity index is 322. The van der Waals surface area contributed by atoms with Gasteiger partial charge in [-0.1, -0.05) is 19.9 Å². The van der Waals surface area contributed by atoms with E-state index in [1.54, 1.807) is 13.0 Å². The van der Waals surface area contributed by atoms with Crippen molar-refractivity contribution < 1.29 is 19.4 Å². The summed E-state index contributed by atoms with van der Waals surface area (Å²) >= 11 is 5.44. The van der Waals surface area contributed by atoms with E-state index in [4.69, 9.17) is 11.6 Å². The second kappa shape index (κ2) is 4.97. The number of carbonyl (C=O) groups is 2. The van der Waals surface area contributed by atoms with Crippen LogP contribution >= 0.6 is 11.6 Å². The molecule has 0 spiro atoms. The van der Waals surface area contributed by atoms with Gasteiger partial charge < -0.3 is 0 Å². The van der Waals surface area contributed by atoms with Crippen LogP contribution in [-0.4, -0.2) is 17.8 Å². The van der Waals surface area contributed by atoms with Crippen LogP contribution in [0, 0.1) is 17.3 Å². The van der Waals surface area contributed by atoms with Gasteiger partial charge in [0.05, 0.1) is 6.61 Å². The van der Waals surface area contributed by atoms with Crippen LogP contribution in [0.4, 0.5) is 0 Å². The molecule has 1 saturated carbocycles. The summed E-state index contributed by atoms with van der Waals surface area (Å²) < 4.78 is 0. The number of rotatable bonds is 5. The summed E-state index contributed by atoms with van der Waals surface area (Å²) in [5.41, 5.74) is -0.179. The molecule has 1 rings (SSSR count). The molecule has 1 aliphatic carbocycles. The first-order valence-electron chi connectivity index (χ1n) is 5.12. The summed E-state index contributed by atoms with van der Waals surface area (Å²) in [6.07, 6.45) is 2.91. The Kier molecular flexibility index (Phi) is 4.10. The molecule has 0 radical (unpaired) electrons. The fraction of sp³-hybridized carbons (Fsp3) is 0.636. The minimum Gasteiger partial charge on any atom is -0.294 e. The van der Waals surface area contributed by atoms with Crippen LogP contribution in [-0.2, 0) is 19.4 Å².